The standard InChI is InChI=1S/C11H14N4O4/c1-15(2)8(16)6-13-11(19)14-7-4-3-5-12-9(7)10(17)18/h3-5H,6H2,1-2H3,(H,17,18)(H2,13,14,19). The Kier molecular flexibility index (Phi) is 4.81. The number of carbonyl (C=O) groups excluding carboxylic acids is 2. The Morgan fingerprint density at radius 2 is 2.05 bits per heavy atom. The van der Waals surface area contributed by atoms with Gasteiger partial charge in [0.2, 0.25) is 5.91 Å². The van der Waals surface area contributed by atoms with Crippen LogP contribution in [0, 0.1) is 0 Å². The summed E-state index contributed by atoms with van der Waals surface area (Å²) in [4.78, 5) is 38.6. The number of amides is 3. The van der Waals surface area contributed by atoms with Gasteiger partial charge < -0.3 is 20.6 Å². The minimum atomic E-state index is -1.25. The first-order valence-corrected chi connectivity index (χ1v) is 5.35. The van der Waals surface area contributed by atoms with E-state index in [4.69, 9.17) is 5.11 Å². The Labute approximate surface area is 109 Å². The largest absolute Gasteiger partial charge is 0.476 e. The zero-order valence-corrected chi connectivity index (χ0v) is 10.5. The minimum Gasteiger partial charge on any atom is -0.476 e. The van der Waals surface area contributed by atoms with Gasteiger partial charge in [0, 0.05) is 20.3 Å². The predicted octanol–water partition coefficient (Wildman–Crippen LogP) is -0.0105. The minimum absolute atomic E-state index is 0.0600. The lowest BCUT2D eigenvalue weighted by atomic mass is 10.3. The second-order valence-corrected chi connectivity index (χ2v) is 3.80. The fourth-order valence-electron chi connectivity index (χ4n) is 1.16. The summed E-state index contributed by atoms with van der Waals surface area (Å²) in [5.41, 5.74) is -0.207. The molecule has 0 saturated carbocycles. The second kappa shape index (κ2) is 6.34. The molecule has 0 radical (unpaired) electrons. The quantitative estimate of drug-likeness (QED) is 0.709. The van der Waals surface area contributed by atoms with Gasteiger partial charge in [-0.05, 0) is 12.1 Å². The van der Waals surface area contributed by atoms with Crippen molar-refractivity contribution < 1.29 is 19.5 Å². The highest BCUT2D eigenvalue weighted by atomic mass is 16.4. The highest BCUT2D eigenvalue weighted by Crippen LogP contribution is 2.11. The fourth-order valence-corrected chi connectivity index (χ4v) is 1.16. The fraction of sp³-hybridized carbons (Fsp3) is 0.273. The molecular weight excluding hydrogens is 252 g/mol. The van der Waals surface area contributed by atoms with E-state index in [9.17, 15) is 14.4 Å². The number of anilines is 1. The van der Waals surface area contributed by atoms with Crippen LogP contribution in [-0.2, 0) is 4.79 Å². The molecule has 1 aromatic rings. The molecule has 8 heteroatoms. The predicted molar refractivity (Wildman–Crippen MR) is 66.9 cm³/mol. The molecule has 0 fully saturated rings. The number of hydrogen-bond donors (Lipinski definition) is 3. The van der Waals surface area contributed by atoms with Gasteiger partial charge in [0.25, 0.3) is 0 Å². The van der Waals surface area contributed by atoms with E-state index in [2.05, 4.69) is 15.6 Å². The van der Waals surface area contributed by atoms with Crippen molar-refractivity contribution in [1.29, 1.82) is 0 Å². The molecule has 19 heavy (non-hydrogen) atoms. The summed E-state index contributed by atoms with van der Waals surface area (Å²) in [7, 11) is 3.12. The Morgan fingerprint density at radius 3 is 2.63 bits per heavy atom. The van der Waals surface area contributed by atoms with E-state index in [-0.39, 0.29) is 23.8 Å². The van der Waals surface area contributed by atoms with E-state index in [0.29, 0.717) is 0 Å². The Hall–Kier alpha value is -2.64. The van der Waals surface area contributed by atoms with E-state index in [1.807, 2.05) is 0 Å². The second-order valence-electron chi connectivity index (χ2n) is 3.80. The van der Waals surface area contributed by atoms with Crippen LogP contribution in [0.25, 0.3) is 0 Å². The van der Waals surface area contributed by atoms with Crippen molar-refractivity contribution in [2.24, 2.45) is 0 Å². The number of hydrogen-bond acceptors (Lipinski definition) is 4. The third-order valence-corrected chi connectivity index (χ3v) is 2.16. The number of nitrogens with one attached hydrogen (secondary N) is 2. The van der Waals surface area contributed by atoms with Gasteiger partial charge in [0.05, 0.1) is 12.2 Å². The lowest BCUT2D eigenvalue weighted by Gasteiger charge is -2.12. The van der Waals surface area contributed by atoms with Crippen LogP contribution in [0.15, 0.2) is 18.3 Å². The molecule has 0 aromatic carbocycles. The number of carbonyl (C=O) groups is 3. The van der Waals surface area contributed by atoms with Gasteiger partial charge in [-0.2, -0.15) is 0 Å². The van der Waals surface area contributed by atoms with Gasteiger partial charge in [0.1, 0.15) is 0 Å². The topological polar surface area (TPSA) is 112 Å². The van der Waals surface area contributed by atoms with Crippen LogP contribution >= 0.6 is 0 Å². The maximum atomic E-state index is 11.5. The highest BCUT2D eigenvalue weighted by Gasteiger charge is 2.13. The van der Waals surface area contributed by atoms with Crippen LogP contribution in [0.3, 0.4) is 0 Å². The number of likely N-dealkylation sites (N-methyl/N-ethyl adjacent to an activating group) is 1. The summed E-state index contributed by atoms with van der Waals surface area (Å²) in [6.45, 7) is -0.179. The lowest BCUT2D eigenvalue weighted by molar-refractivity contribution is -0.127. The van der Waals surface area contributed by atoms with Crippen LogP contribution in [0.1, 0.15) is 10.5 Å². The molecule has 0 saturated heterocycles. The van der Waals surface area contributed by atoms with Crippen molar-refractivity contribution in [2.75, 3.05) is 26.0 Å². The summed E-state index contributed by atoms with van der Waals surface area (Å²) in [6.07, 6.45) is 1.31. The average Bonchev–Trinajstić information content (AvgIpc) is 2.36. The molecule has 8 nitrogen and oxygen atoms in total. The molecular formula is C11H14N4O4. The van der Waals surface area contributed by atoms with Crippen LogP contribution < -0.4 is 10.6 Å². The molecule has 1 aromatic heterocycles. The van der Waals surface area contributed by atoms with Crippen LogP contribution in [0.2, 0.25) is 0 Å². The number of nitrogens with zero attached hydrogens (tertiary/aromatic N) is 2. The lowest BCUT2D eigenvalue weighted by Crippen LogP contribution is -2.38. The first-order valence-electron chi connectivity index (χ1n) is 5.35. The highest BCUT2D eigenvalue weighted by molar-refractivity contribution is 5.99. The molecule has 0 unspecified atom stereocenters. The molecule has 3 amide bonds. The van der Waals surface area contributed by atoms with Crippen molar-refractivity contribution in [3.8, 4) is 0 Å². The van der Waals surface area contributed by atoms with E-state index in [1.165, 1.54) is 23.2 Å². The van der Waals surface area contributed by atoms with E-state index < -0.39 is 12.0 Å². The Balaban J connectivity index is 2.63. The molecule has 102 valence electrons. The first-order chi connectivity index (χ1) is 8.91. The number of rotatable bonds is 4. The number of pyridine rings is 1. The number of aromatic carboxylic acids is 1. The summed E-state index contributed by atoms with van der Waals surface area (Å²) in [6, 6.07) is 2.22. The normalized spacial score (nSPS) is 9.58. The zero-order chi connectivity index (χ0) is 14.4. The van der Waals surface area contributed by atoms with Gasteiger partial charge in [-0.15, -0.1) is 0 Å². The number of carboxylic acid groups (broad SMARTS) is 1. The average molecular weight is 266 g/mol. The van der Waals surface area contributed by atoms with Gasteiger partial charge in [-0.25, -0.2) is 14.6 Å². The van der Waals surface area contributed by atoms with Gasteiger partial charge in [-0.1, -0.05) is 0 Å². The van der Waals surface area contributed by atoms with Gasteiger partial charge in [-0.3, -0.25) is 4.79 Å². The van der Waals surface area contributed by atoms with Crippen molar-refractivity contribution in [2.45, 2.75) is 0 Å². The Bertz CT molecular complexity index is 501. The van der Waals surface area contributed by atoms with E-state index >= 15 is 0 Å². The molecule has 0 aliphatic heterocycles. The third kappa shape index (κ3) is 4.26. The van der Waals surface area contributed by atoms with Crippen LogP contribution in [-0.4, -0.2) is 53.5 Å². The molecule has 1 rings (SSSR count). The summed E-state index contributed by atoms with van der Waals surface area (Å²) in [5, 5.41) is 13.5. The van der Waals surface area contributed by atoms with Crippen LogP contribution in [0.5, 0.6) is 0 Å². The Morgan fingerprint density at radius 1 is 1.37 bits per heavy atom. The summed E-state index contributed by atoms with van der Waals surface area (Å²) >= 11 is 0. The van der Waals surface area contributed by atoms with E-state index in [1.54, 1.807) is 14.1 Å². The third-order valence-electron chi connectivity index (χ3n) is 2.16. The van der Waals surface area contributed by atoms with Crippen molar-refractivity contribution in [1.82, 2.24) is 15.2 Å². The van der Waals surface area contributed by atoms with E-state index in [0.717, 1.165) is 0 Å². The maximum absolute atomic E-state index is 11.5. The monoisotopic (exact) mass is 266 g/mol. The molecule has 0 aliphatic carbocycles. The zero-order valence-electron chi connectivity index (χ0n) is 10.5. The molecule has 0 aliphatic rings. The summed E-state index contributed by atoms with van der Waals surface area (Å²) in [5.74, 6) is -1.53. The first kappa shape index (κ1) is 14.4. The number of carboxylic acids is 1. The van der Waals surface area contributed by atoms with Crippen molar-refractivity contribution in [3.63, 3.8) is 0 Å². The number of aromatic nitrogens is 1. The van der Waals surface area contributed by atoms with Crippen molar-refractivity contribution in [3.05, 3.63) is 24.0 Å². The molecule has 0 bridgehead atoms. The SMILES string of the molecule is CN(C)C(=O)CNC(=O)Nc1cccnc1C(=O)O. The maximum Gasteiger partial charge on any atom is 0.356 e. The number of urea groups is 1. The van der Waals surface area contributed by atoms with Crippen molar-refractivity contribution >= 4 is 23.6 Å². The molecule has 0 atom stereocenters. The molecule has 1 heterocycles. The summed E-state index contributed by atoms with van der Waals surface area (Å²) < 4.78 is 0. The molecule has 0 spiro atoms. The van der Waals surface area contributed by atoms with Crippen LogP contribution in [0.4, 0.5) is 10.5 Å². The molecule has 3 N–H and O–H groups in total. The van der Waals surface area contributed by atoms with Gasteiger partial charge in [0.15, 0.2) is 5.69 Å². The smallest absolute Gasteiger partial charge is 0.356 e. The van der Waals surface area contributed by atoms with Gasteiger partial charge >= 0.3 is 12.0 Å².